The Kier molecular flexibility index (Phi) is 3.25. The van der Waals surface area contributed by atoms with Crippen molar-refractivity contribution in [1.82, 2.24) is 0 Å². The third-order valence-electron chi connectivity index (χ3n) is 3.17. The summed E-state index contributed by atoms with van der Waals surface area (Å²) in [6, 6.07) is 6.79. The predicted molar refractivity (Wildman–Crippen MR) is 71.7 cm³/mol. The Morgan fingerprint density at radius 2 is 1.58 bits per heavy atom. The summed E-state index contributed by atoms with van der Waals surface area (Å²) < 4.78 is 5.12. The largest absolute Gasteiger partial charge is 0.478 e. The Balaban J connectivity index is 2.69. The van der Waals surface area contributed by atoms with E-state index in [-0.39, 0.29) is 11.5 Å². The molecule has 0 radical (unpaired) electrons. The molecule has 0 saturated carbocycles. The second-order valence-electron chi connectivity index (χ2n) is 4.42. The van der Waals surface area contributed by atoms with Crippen LogP contribution in [0.25, 0.3) is 10.8 Å². The van der Waals surface area contributed by atoms with Gasteiger partial charge in [-0.25, -0.2) is 4.79 Å². The van der Waals surface area contributed by atoms with Gasteiger partial charge >= 0.3 is 11.9 Å². The van der Waals surface area contributed by atoms with E-state index in [2.05, 4.69) is 0 Å². The maximum Gasteiger partial charge on any atom is 0.335 e. The minimum atomic E-state index is -0.943. The number of fused-ring (bicyclic) bond motifs is 1. The molecular weight excluding hydrogens is 244 g/mol. The van der Waals surface area contributed by atoms with Crippen molar-refractivity contribution in [1.29, 1.82) is 0 Å². The molecule has 2 aromatic carbocycles. The van der Waals surface area contributed by atoms with Crippen LogP contribution in [0.15, 0.2) is 24.3 Å². The Bertz CT molecular complexity index is 686. The number of aromatic carboxylic acids is 1. The standard InChI is InChI=1S/C15H14O4/c1-8-11-6-7-14(19-10(3)16)9(2)12(11)4-5-13(8)15(17)18/h4-7H,1-3H3,(H,17,18). The molecule has 2 rings (SSSR count). The number of benzene rings is 2. The number of aryl methyl sites for hydroxylation is 2. The first-order valence-electron chi connectivity index (χ1n) is 5.86. The van der Waals surface area contributed by atoms with Gasteiger partial charge in [-0.3, -0.25) is 4.79 Å². The highest BCUT2D eigenvalue weighted by atomic mass is 16.5. The van der Waals surface area contributed by atoms with Crippen molar-refractivity contribution >= 4 is 22.7 Å². The van der Waals surface area contributed by atoms with Crippen molar-refractivity contribution in [2.75, 3.05) is 0 Å². The van der Waals surface area contributed by atoms with E-state index >= 15 is 0 Å². The zero-order valence-corrected chi connectivity index (χ0v) is 11.0. The van der Waals surface area contributed by atoms with E-state index in [1.54, 1.807) is 31.2 Å². The number of esters is 1. The van der Waals surface area contributed by atoms with Gasteiger partial charge < -0.3 is 9.84 Å². The third kappa shape index (κ3) is 2.29. The van der Waals surface area contributed by atoms with Crippen LogP contribution in [0.4, 0.5) is 0 Å². The Hall–Kier alpha value is -2.36. The van der Waals surface area contributed by atoms with Crippen LogP contribution in [-0.4, -0.2) is 17.0 Å². The van der Waals surface area contributed by atoms with Crippen LogP contribution in [0.2, 0.25) is 0 Å². The maximum atomic E-state index is 11.1. The van der Waals surface area contributed by atoms with Crippen LogP contribution in [0, 0.1) is 13.8 Å². The van der Waals surface area contributed by atoms with Gasteiger partial charge in [-0.2, -0.15) is 0 Å². The van der Waals surface area contributed by atoms with Gasteiger partial charge in [0.1, 0.15) is 5.75 Å². The van der Waals surface area contributed by atoms with Crippen LogP contribution in [-0.2, 0) is 4.79 Å². The zero-order chi connectivity index (χ0) is 14.2. The monoisotopic (exact) mass is 258 g/mol. The van der Waals surface area contributed by atoms with Crippen molar-refractivity contribution in [3.8, 4) is 5.75 Å². The highest BCUT2D eigenvalue weighted by Gasteiger charge is 2.13. The van der Waals surface area contributed by atoms with Gasteiger partial charge in [0.25, 0.3) is 0 Å². The number of ether oxygens (including phenoxy) is 1. The summed E-state index contributed by atoms with van der Waals surface area (Å²) >= 11 is 0. The minimum absolute atomic E-state index is 0.284. The number of hydrogen-bond acceptors (Lipinski definition) is 3. The highest BCUT2D eigenvalue weighted by Crippen LogP contribution is 2.30. The quantitative estimate of drug-likeness (QED) is 0.664. The molecule has 4 heteroatoms. The van der Waals surface area contributed by atoms with Gasteiger partial charge in [-0.1, -0.05) is 12.1 Å². The molecule has 0 unspecified atom stereocenters. The third-order valence-corrected chi connectivity index (χ3v) is 3.17. The Morgan fingerprint density at radius 1 is 1.00 bits per heavy atom. The summed E-state index contributed by atoms with van der Waals surface area (Å²) in [4.78, 5) is 22.1. The van der Waals surface area contributed by atoms with E-state index in [1.807, 2.05) is 6.92 Å². The molecule has 0 saturated heterocycles. The molecule has 2 aromatic rings. The van der Waals surface area contributed by atoms with Crippen molar-refractivity contribution in [2.24, 2.45) is 0 Å². The first-order chi connectivity index (χ1) is 8.91. The predicted octanol–water partition coefficient (Wildman–Crippen LogP) is 3.08. The van der Waals surface area contributed by atoms with Crippen LogP contribution in [0.1, 0.15) is 28.4 Å². The lowest BCUT2D eigenvalue weighted by Crippen LogP contribution is -2.04. The molecule has 4 nitrogen and oxygen atoms in total. The van der Waals surface area contributed by atoms with Crippen molar-refractivity contribution in [3.05, 3.63) is 41.0 Å². The van der Waals surface area contributed by atoms with Gasteiger partial charge in [0.05, 0.1) is 5.56 Å². The van der Waals surface area contributed by atoms with Crippen molar-refractivity contribution in [3.63, 3.8) is 0 Å². The summed E-state index contributed by atoms with van der Waals surface area (Å²) in [5.41, 5.74) is 1.82. The molecule has 0 heterocycles. The lowest BCUT2D eigenvalue weighted by atomic mass is 9.97. The van der Waals surface area contributed by atoms with E-state index in [0.29, 0.717) is 11.3 Å². The number of carboxylic acids is 1. The van der Waals surface area contributed by atoms with Crippen LogP contribution in [0.3, 0.4) is 0 Å². The van der Waals surface area contributed by atoms with Gasteiger partial charge in [-0.15, -0.1) is 0 Å². The molecule has 1 N–H and O–H groups in total. The summed E-state index contributed by atoms with van der Waals surface area (Å²) in [6.45, 7) is 4.97. The van der Waals surface area contributed by atoms with E-state index in [9.17, 15) is 9.59 Å². The van der Waals surface area contributed by atoms with Gasteiger partial charge in [0, 0.05) is 6.92 Å². The average Bonchev–Trinajstić information content (AvgIpc) is 2.32. The lowest BCUT2D eigenvalue weighted by Gasteiger charge is -2.11. The molecule has 98 valence electrons. The fourth-order valence-electron chi connectivity index (χ4n) is 2.18. The van der Waals surface area contributed by atoms with Gasteiger partial charge in [0.15, 0.2) is 0 Å². The van der Waals surface area contributed by atoms with Gasteiger partial charge in [-0.05, 0) is 47.9 Å². The maximum absolute atomic E-state index is 11.1. The fourth-order valence-corrected chi connectivity index (χ4v) is 2.18. The minimum Gasteiger partial charge on any atom is -0.478 e. The van der Waals surface area contributed by atoms with E-state index in [1.165, 1.54) is 6.92 Å². The lowest BCUT2D eigenvalue weighted by molar-refractivity contribution is -0.131. The molecule has 0 amide bonds. The summed E-state index contributed by atoms with van der Waals surface area (Å²) in [5, 5.41) is 10.8. The molecule has 19 heavy (non-hydrogen) atoms. The molecule has 0 aliphatic rings. The molecule has 0 fully saturated rings. The Morgan fingerprint density at radius 3 is 2.16 bits per heavy atom. The van der Waals surface area contributed by atoms with E-state index in [4.69, 9.17) is 9.84 Å². The molecule has 0 aliphatic carbocycles. The average molecular weight is 258 g/mol. The number of carboxylic acid groups (broad SMARTS) is 1. The molecule has 0 bridgehead atoms. The van der Waals surface area contributed by atoms with Crippen molar-refractivity contribution in [2.45, 2.75) is 20.8 Å². The molecule has 0 aromatic heterocycles. The SMILES string of the molecule is CC(=O)Oc1ccc2c(C)c(C(=O)O)ccc2c1C. The smallest absolute Gasteiger partial charge is 0.335 e. The normalized spacial score (nSPS) is 10.5. The number of carbonyl (C=O) groups excluding carboxylic acids is 1. The number of rotatable bonds is 2. The fraction of sp³-hybridized carbons (Fsp3) is 0.200. The molecule has 0 aliphatic heterocycles. The topological polar surface area (TPSA) is 63.6 Å². The summed E-state index contributed by atoms with van der Waals surface area (Å²) in [6.07, 6.45) is 0. The second kappa shape index (κ2) is 4.72. The summed E-state index contributed by atoms with van der Waals surface area (Å²) in [7, 11) is 0. The first-order valence-corrected chi connectivity index (χ1v) is 5.86. The van der Waals surface area contributed by atoms with Gasteiger partial charge in [0.2, 0.25) is 0 Å². The van der Waals surface area contributed by atoms with Crippen LogP contribution >= 0.6 is 0 Å². The second-order valence-corrected chi connectivity index (χ2v) is 4.42. The van der Waals surface area contributed by atoms with Crippen molar-refractivity contribution < 1.29 is 19.4 Å². The zero-order valence-electron chi connectivity index (χ0n) is 11.0. The van der Waals surface area contributed by atoms with Crippen LogP contribution < -0.4 is 4.74 Å². The van der Waals surface area contributed by atoms with E-state index in [0.717, 1.165) is 16.3 Å². The highest BCUT2D eigenvalue weighted by molar-refractivity contribution is 5.99. The Labute approximate surface area is 110 Å². The number of carbonyl (C=O) groups is 2. The molecular formula is C15H14O4. The molecule has 0 atom stereocenters. The van der Waals surface area contributed by atoms with Crippen LogP contribution in [0.5, 0.6) is 5.75 Å². The number of hydrogen-bond donors (Lipinski definition) is 1. The summed E-state index contributed by atoms with van der Waals surface area (Å²) in [5.74, 6) is -0.815. The van der Waals surface area contributed by atoms with E-state index < -0.39 is 5.97 Å². The first kappa shape index (κ1) is 13.1. The molecule has 0 spiro atoms.